The van der Waals surface area contributed by atoms with Gasteiger partial charge in [0.2, 0.25) is 0 Å². The largest absolute Gasteiger partial charge is 0.493 e. The first kappa shape index (κ1) is 16.5. The van der Waals surface area contributed by atoms with Gasteiger partial charge in [0, 0.05) is 18.2 Å². The lowest BCUT2D eigenvalue weighted by molar-refractivity contribution is 0.0941. The number of carbonyl (C=O) groups excluding carboxylic acids is 1. The number of amides is 1. The molecule has 1 rings (SSSR count). The fourth-order valence-corrected chi connectivity index (χ4v) is 1.34. The lowest BCUT2D eigenvalue weighted by Gasteiger charge is -2.13. The van der Waals surface area contributed by atoms with Crippen LogP contribution in [-0.2, 0) is 0 Å². The minimum Gasteiger partial charge on any atom is -0.493 e. The molecule has 0 unspecified atom stereocenters. The van der Waals surface area contributed by atoms with Crippen LogP contribution in [-0.4, -0.2) is 32.7 Å². The summed E-state index contributed by atoms with van der Waals surface area (Å²) < 4.78 is 10.2. The molecule has 5 nitrogen and oxygen atoms in total. The van der Waals surface area contributed by atoms with Gasteiger partial charge in [0.1, 0.15) is 0 Å². The van der Waals surface area contributed by atoms with Crippen LogP contribution in [0.15, 0.2) is 18.2 Å². The Balaban J connectivity index is 0.00000289. The smallest absolute Gasteiger partial charge is 0.251 e. The van der Waals surface area contributed by atoms with E-state index in [-0.39, 0.29) is 24.4 Å². The second kappa shape index (κ2) is 7.79. The van der Waals surface area contributed by atoms with Gasteiger partial charge in [-0.05, 0) is 25.1 Å². The Kier molecular flexibility index (Phi) is 7.16. The van der Waals surface area contributed by atoms with E-state index in [9.17, 15) is 4.79 Å². The van der Waals surface area contributed by atoms with Gasteiger partial charge in [-0.15, -0.1) is 12.4 Å². The zero-order valence-corrected chi connectivity index (χ0v) is 11.5. The van der Waals surface area contributed by atoms with Crippen LogP contribution in [0.4, 0.5) is 0 Å². The molecule has 0 fully saturated rings. The minimum absolute atomic E-state index is 0. The monoisotopic (exact) mass is 274 g/mol. The van der Waals surface area contributed by atoms with Crippen molar-refractivity contribution in [2.45, 2.75) is 13.0 Å². The number of hydrogen-bond donors (Lipinski definition) is 2. The standard InChI is InChI=1S/C12H18N2O3.ClH/c1-8(7-13)14-12(15)9-4-5-10(16-2)11(6-9)17-3;/h4-6,8H,7,13H2,1-3H3,(H,14,15);1H/t8-;/m0./s1. The number of halogens is 1. The highest BCUT2D eigenvalue weighted by atomic mass is 35.5. The number of nitrogens with one attached hydrogen (secondary N) is 1. The van der Waals surface area contributed by atoms with Crippen LogP contribution in [0.25, 0.3) is 0 Å². The Morgan fingerprint density at radius 3 is 2.44 bits per heavy atom. The Bertz CT molecular complexity index is 399. The molecule has 0 heterocycles. The second-order valence-corrected chi connectivity index (χ2v) is 3.68. The van der Waals surface area contributed by atoms with Gasteiger partial charge in [-0.1, -0.05) is 0 Å². The first-order valence-electron chi connectivity index (χ1n) is 5.35. The molecule has 3 N–H and O–H groups in total. The predicted molar refractivity (Wildman–Crippen MR) is 72.8 cm³/mol. The highest BCUT2D eigenvalue weighted by Gasteiger charge is 2.12. The summed E-state index contributed by atoms with van der Waals surface area (Å²) in [6.45, 7) is 2.25. The number of nitrogens with two attached hydrogens (primary N) is 1. The van der Waals surface area contributed by atoms with Crippen molar-refractivity contribution in [3.05, 3.63) is 23.8 Å². The number of benzene rings is 1. The van der Waals surface area contributed by atoms with Crippen LogP contribution in [0.1, 0.15) is 17.3 Å². The van der Waals surface area contributed by atoms with Gasteiger partial charge in [0.25, 0.3) is 5.91 Å². The fraction of sp³-hybridized carbons (Fsp3) is 0.417. The molecule has 0 bridgehead atoms. The molecule has 1 aromatic rings. The zero-order chi connectivity index (χ0) is 12.8. The van der Waals surface area contributed by atoms with Gasteiger partial charge in [0.15, 0.2) is 11.5 Å². The summed E-state index contributed by atoms with van der Waals surface area (Å²) in [5, 5.41) is 2.77. The molecule has 0 aromatic heterocycles. The maximum absolute atomic E-state index is 11.8. The number of rotatable bonds is 5. The average Bonchev–Trinajstić information content (AvgIpc) is 2.37. The number of methoxy groups -OCH3 is 2. The van der Waals surface area contributed by atoms with Gasteiger partial charge in [0.05, 0.1) is 14.2 Å². The van der Waals surface area contributed by atoms with Crippen LogP contribution in [0.2, 0.25) is 0 Å². The quantitative estimate of drug-likeness (QED) is 0.846. The topological polar surface area (TPSA) is 73.6 Å². The molecule has 0 aliphatic heterocycles. The van der Waals surface area contributed by atoms with E-state index in [4.69, 9.17) is 15.2 Å². The molecule has 0 aliphatic rings. The fourth-order valence-electron chi connectivity index (χ4n) is 1.34. The van der Waals surface area contributed by atoms with E-state index >= 15 is 0 Å². The molecule has 0 saturated carbocycles. The van der Waals surface area contributed by atoms with E-state index in [2.05, 4.69) is 5.32 Å². The maximum Gasteiger partial charge on any atom is 0.251 e. The van der Waals surface area contributed by atoms with Crippen LogP contribution in [0, 0.1) is 0 Å². The molecule has 0 radical (unpaired) electrons. The summed E-state index contributed by atoms with van der Waals surface area (Å²) in [6.07, 6.45) is 0. The van der Waals surface area contributed by atoms with Crippen molar-refractivity contribution in [3.8, 4) is 11.5 Å². The summed E-state index contributed by atoms with van der Waals surface area (Å²) >= 11 is 0. The second-order valence-electron chi connectivity index (χ2n) is 3.68. The molecule has 102 valence electrons. The first-order valence-corrected chi connectivity index (χ1v) is 5.35. The van der Waals surface area contributed by atoms with Gasteiger partial charge < -0.3 is 20.5 Å². The summed E-state index contributed by atoms with van der Waals surface area (Å²) in [4.78, 5) is 11.8. The molecular formula is C12H19ClN2O3. The first-order chi connectivity index (χ1) is 8.12. The summed E-state index contributed by atoms with van der Waals surface area (Å²) in [5.74, 6) is 0.945. The molecule has 0 spiro atoms. The average molecular weight is 275 g/mol. The zero-order valence-electron chi connectivity index (χ0n) is 10.7. The molecule has 6 heteroatoms. The van der Waals surface area contributed by atoms with Crippen molar-refractivity contribution in [2.24, 2.45) is 5.73 Å². The highest BCUT2D eigenvalue weighted by molar-refractivity contribution is 5.95. The number of ether oxygens (including phenoxy) is 2. The number of carbonyl (C=O) groups is 1. The molecule has 1 atom stereocenters. The predicted octanol–water partition coefficient (Wildman–Crippen LogP) is 1.20. The van der Waals surface area contributed by atoms with Crippen molar-refractivity contribution in [2.75, 3.05) is 20.8 Å². The Morgan fingerprint density at radius 2 is 1.94 bits per heavy atom. The van der Waals surface area contributed by atoms with E-state index in [0.29, 0.717) is 23.6 Å². The Hall–Kier alpha value is -1.46. The maximum atomic E-state index is 11.8. The van der Waals surface area contributed by atoms with E-state index in [1.165, 1.54) is 7.11 Å². The van der Waals surface area contributed by atoms with Crippen LogP contribution in [0.3, 0.4) is 0 Å². The van der Waals surface area contributed by atoms with Crippen LogP contribution >= 0.6 is 12.4 Å². The summed E-state index contributed by atoms with van der Waals surface area (Å²) in [5.41, 5.74) is 5.96. The molecular weight excluding hydrogens is 256 g/mol. The summed E-state index contributed by atoms with van der Waals surface area (Å²) in [7, 11) is 3.08. The third kappa shape index (κ3) is 4.09. The van der Waals surface area contributed by atoms with Crippen LogP contribution < -0.4 is 20.5 Å². The van der Waals surface area contributed by atoms with Crippen molar-refractivity contribution < 1.29 is 14.3 Å². The normalized spacial score (nSPS) is 11.1. The molecule has 18 heavy (non-hydrogen) atoms. The SMILES string of the molecule is COc1ccc(C(=O)N[C@@H](C)CN)cc1OC.Cl. The Labute approximate surface area is 113 Å². The van der Waals surface area contributed by atoms with Gasteiger partial charge in [-0.2, -0.15) is 0 Å². The van der Waals surface area contributed by atoms with Crippen LogP contribution in [0.5, 0.6) is 11.5 Å². The van der Waals surface area contributed by atoms with Gasteiger partial charge in [-0.25, -0.2) is 0 Å². The van der Waals surface area contributed by atoms with E-state index < -0.39 is 0 Å². The minimum atomic E-state index is -0.177. The number of hydrogen-bond acceptors (Lipinski definition) is 4. The third-order valence-electron chi connectivity index (χ3n) is 2.38. The lowest BCUT2D eigenvalue weighted by Crippen LogP contribution is -2.37. The third-order valence-corrected chi connectivity index (χ3v) is 2.38. The molecule has 1 aromatic carbocycles. The molecule has 0 aliphatic carbocycles. The highest BCUT2D eigenvalue weighted by Crippen LogP contribution is 2.27. The van der Waals surface area contributed by atoms with E-state index in [1.807, 2.05) is 6.92 Å². The lowest BCUT2D eigenvalue weighted by atomic mass is 10.1. The summed E-state index contributed by atoms with van der Waals surface area (Å²) in [6, 6.07) is 4.95. The van der Waals surface area contributed by atoms with E-state index in [0.717, 1.165) is 0 Å². The molecule has 0 saturated heterocycles. The Morgan fingerprint density at radius 1 is 1.33 bits per heavy atom. The van der Waals surface area contributed by atoms with Gasteiger partial charge >= 0.3 is 0 Å². The van der Waals surface area contributed by atoms with Crippen molar-refractivity contribution in [1.82, 2.24) is 5.32 Å². The molecule has 1 amide bonds. The van der Waals surface area contributed by atoms with Crippen molar-refractivity contribution in [3.63, 3.8) is 0 Å². The van der Waals surface area contributed by atoms with Gasteiger partial charge in [-0.3, -0.25) is 4.79 Å². The van der Waals surface area contributed by atoms with Crippen molar-refractivity contribution >= 4 is 18.3 Å². The van der Waals surface area contributed by atoms with Crippen molar-refractivity contribution in [1.29, 1.82) is 0 Å². The van der Waals surface area contributed by atoms with E-state index in [1.54, 1.807) is 25.3 Å².